The molecule has 0 heterocycles. The van der Waals surface area contributed by atoms with E-state index in [0.29, 0.717) is 18.2 Å². The van der Waals surface area contributed by atoms with Crippen LogP contribution in [0, 0.1) is 18.6 Å². The summed E-state index contributed by atoms with van der Waals surface area (Å²) in [4.78, 5) is -0.701. The van der Waals surface area contributed by atoms with Crippen LogP contribution in [-0.2, 0) is 16.4 Å². The highest BCUT2D eigenvalue weighted by atomic mass is 32.2. The van der Waals surface area contributed by atoms with E-state index in [0.717, 1.165) is 23.3 Å². The first-order valence-corrected chi connectivity index (χ1v) is 7.90. The lowest BCUT2D eigenvalue weighted by Gasteiger charge is -2.14. The Balaban J connectivity index is 2.50. The lowest BCUT2D eigenvalue weighted by Crippen LogP contribution is -2.16. The first kappa shape index (κ1) is 15.4. The number of hydrogen-bond donors (Lipinski definition) is 1. The van der Waals surface area contributed by atoms with Crippen LogP contribution in [0.4, 0.5) is 14.5 Å². The summed E-state index contributed by atoms with van der Waals surface area (Å²) in [5.41, 5.74) is 1.91. The summed E-state index contributed by atoms with van der Waals surface area (Å²) in [6, 6.07) is 7.68. The lowest BCUT2D eigenvalue weighted by molar-refractivity contribution is 0.555. The zero-order valence-electron chi connectivity index (χ0n) is 11.7. The Morgan fingerprint density at radius 2 is 1.86 bits per heavy atom. The van der Waals surface area contributed by atoms with Crippen LogP contribution in [0.25, 0.3) is 0 Å². The van der Waals surface area contributed by atoms with Gasteiger partial charge in [-0.2, -0.15) is 0 Å². The fraction of sp³-hybridized carbons (Fsp3) is 0.200. The minimum absolute atomic E-state index is 0.406. The predicted octanol–water partition coefficient (Wildman–Crippen LogP) is 3.64. The maximum Gasteiger partial charge on any atom is 0.264 e. The van der Waals surface area contributed by atoms with Gasteiger partial charge < -0.3 is 0 Å². The van der Waals surface area contributed by atoms with Crippen LogP contribution in [0.1, 0.15) is 18.1 Å². The molecule has 1 N–H and O–H groups in total. The fourth-order valence-corrected chi connectivity index (χ4v) is 3.30. The average Bonchev–Trinajstić information content (AvgIpc) is 2.43. The molecule has 0 amide bonds. The molecule has 0 fully saturated rings. The van der Waals surface area contributed by atoms with E-state index in [2.05, 4.69) is 4.72 Å². The van der Waals surface area contributed by atoms with Crippen molar-refractivity contribution in [1.82, 2.24) is 0 Å². The van der Waals surface area contributed by atoms with Crippen molar-refractivity contribution >= 4 is 15.7 Å². The van der Waals surface area contributed by atoms with Crippen LogP contribution in [0.15, 0.2) is 41.3 Å². The molecule has 0 bridgehead atoms. The lowest BCUT2D eigenvalue weighted by atomic mass is 10.1. The third-order valence-corrected chi connectivity index (χ3v) is 4.52. The number of hydrogen-bond acceptors (Lipinski definition) is 2. The molecule has 21 heavy (non-hydrogen) atoms. The molecule has 0 saturated carbocycles. The van der Waals surface area contributed by atoms with Gasteiger partial charge in [-0.1, -0.05) is 25.1 Å². The summed E-state index contributed by atoms with van der Waals surface area (Å²) in [5, 5.41) is 0. The summed E-state index contributed by atoms with van der Waals surface area (Å²) < 4.78 is 53.8. The zero-order chi connectivity index (χ0) is 15.6. The Kier molecular flexibility index (Phi) is 4.27. The van der Waals surface area contributed by atoms with Gasteiger partial charge in [-0.05, 0) is 42.7 Å². The molecule has 0 aliphatic heterocycles. The van der Waals surface area contributed by atoms with Crippen molar-refractivity contribution < 1.29 is 17.2 Å². The maximum atomic E-state index is 13.7. The SMILES string of the molecule is CCc1cccc(C)c1NS(=O)(=O)c1cc(F)ccc1F. The molecule has 0 spiro atoms. The summed E-state index contributed by atoms with van der Waals surface area (Å²) >= 11 is 0. The molecule has 0 unspecified atom stereocenters. The Hall–Kier alpha value is -1.95. The van der Waals surface area contributed by atoms with Gasteiger partial charge in [0, 0.05) is 0 Å². The number of sulfonamides is 1. The molecule has 0 aromatic heterocycles. The largest absolute Gasteiger partial charge is 0.279 e. The molecule has 2 rings (SSSR count). The second-order valence-electron chi connectivity index (χ2n) is 4.64. The standard InChI is InChI=1S/C15H15F2NO2S/c1-3-11-6-4-5-10(2)15(11)18-21(19,20)14-9-12(16)7-8-13(14)17/h4-9,18H,3H2,1-2H3. The molecule has 0 aliphatic rings. The van der Waals surface area contributed by atoms with Gasteiger partial charge in [0.25, 0.3) is 10.0 Å². The number of halogens is 2. The van der Waals surface area contributed by atoms with Crippen molar-refractivity contribution in [2.75, 3.05) is 4.72 Å². The molecule has 0 saturated heterocycles. The van der Waals surface area contributed by atoms with Gasteiger partial charge in [0.1, 0.15) is 16.5 Å². The molecule has 0 atom stereocenters. The Morgan fingerprint density at radius 1 is 1.14 bits per heavy atom. The number of para-hydroxylation sites is 1. The molecular formula is C15H15F2NO2S. The van der Waals surface area contributed by atoms with Crippen molar-refractivity contribution in [2.45, 2.75) is 25.2 Å². The predicted molar refractivity (Wildman–Crippen MR) is 77.7 cm³/mol. The van der Waals surface area contributed by atoms with Crippen molar-refractivity contribution in [3.8, 4) is 0 Å². The van der Waals surface area contributed by atoms with Gasteiger partial charge in [0.2, 0.25) is 0 Å². The smallest absolute Gasteiger partial charge is 0.264 e. The third kappa shape index (κ3) is 3.21. The van der Waals surface area contributed by atoms with E-state index in [1.54, 1.807) is 19.1 Å². The summed E-state index contributed by atoms with van der Waals surface area (Å²) in [7, 11) is -4.19. The molecule has 6 heteroatoms. The normalized spacial score (nSPS) is 11.4. The number of nitrogens with one attached hydrogen (secondary N) is 1. The van der Waals surface area contributed by atoms with Crippen molar-refractivity contribution in [3.63, 3.8) is 0 Å². The van der Waals surface area contributed by atoms with Gasteiger partial charge in [0.15, 0.2) is 0 Å². The summed E-state index contributed by atoms with van der Waals surface area (Å²) in [6.07, 6.45) is 0.616. The quantitative estimate of drug-likeness (QED) is 0.937. The van der Waals surface area contributed by atoms with E-state index < -0.39 is 26.6 Å². The van der Waals surface area contributed by atoms with Crippen molar-refractivity contribution in [3.05, 3.63) is 59.2 Å². The van der Waals surface area contributed by atoms with Gasteiger partial charge in [0.05, 0.1) is 5.69 Å². The molecule has 0 aliphatic carbocycles. The first-order chi connectivity index (χ1) is 9.85. The summed E-state index contributed by atoms with van der Waals surface area (Å²) in [5.74, 6) is -1.80. The van der Waals surface area contributed by atoms with Crippen molar-refractivity contribution in [1.29, 1.82) is 0 Å². The van der Waals surface area contributed by atoms with E-state index in [1.165, 1.54) is 0 Å². The van der Waals surface area contributed by atoms with Crippen LogP contribution in [0.2, 0.25) is 0 Å². The number of benzene rings is 2. The van der Waals surface area contributed by atoms with Gasteiger partial charge in [-0.15, -0.1) is 0 Å². The topological polar surface area (TPSA) is 46.2 Å². The fourth-order valence-electron chi connectivity index (χ4n) is 2.04. The van der Waals surface area contributed by atoms with E-state index in [4.69, 9.17) is 0 Å². The molecule has 2 aromatic rings. The molecule has 3 nitrogen and oxygen atoms in total. The zero-order valence-corrected chi connectivity index (χ0v) is 12.5. The van der Waals surface area contributed by atoms with Gasteiger partial charge >= 0.3 is 0 Å². The van der Waals surface area contributed by atoms with E-state index in [1.807, 2.05) is 13.0 Å². The Labute approximate surface area is 122 Å². The van der Waals surface area contributed by atoms with Crippen molar-refractivity contribution in [2.24, 2.45) is 0 Å². The molecule has 0 radical (unpaired) electrons. The number of anilines is 1. The summed E-state index contributed by atoms with van der Waals surface area (Å²) in [6.45, 7) is 3.63. The number of rotatable bonds is 4. The van der Waals surface area contributed by atoms with Crippen LogP contribution < -0.4 is 4.72 Å². The highest BCUT2D eigenvalue weighted by molar-refractivity contribution is 7.92. The Morgan fingerprint density at radius 3 is 2.52 bits per heavy atom. The molecular weight excluding hydrogens is 296 g/mol. The van der Waals surface area contributed by atoms with Crippen LogP contribution in [0.3, 0.4) is 0 Å². The number of aryl methyl sites for hydroxylation is 2. The maximum absolute atomic E-state index is 13.7. The average molecular weight is 311 g/mol. The molecule has 2 aromatic carbocycles. The van der Waals surface area contributed by atoms with Crippen LogP contribution >= 0.6 is 0 Å². The van der Waals surface area contributed by atoms with Gasteiger partial charge in [-0.25, -0.2) is 17.2 Å². The van der Waals surface area contributed by atoms with E-state index in [-0.39, 0.29) is 0 Å². The molecule has 112 valence electrons. The highest BCUT2D eigenvalue weighted by Crippen LogP contribution is 2.25. The first-order valence-electron chi connectivity index (χ1n) is 6.41. The minimum atomic E-state index is -4.19. The van der Waals surface area contributed by atoms with E-state index >= 15 is 0 Å². The van der Waals surface area contributed by atoms with Crippen LogP contribution in [0.5, 0.6) is 0 Å². The second-order valence-corrected chi connectivity index (χ2v) is 6.29. The van der Waals surface area contributed by atoms with Crippen LogP contribution in [-0.4, -0.2) is 8.42 Å². The highest BCUT2D eigenvalue weighted by Gasteiger charge is 2.21. The minimum Gasteiger partial charge on any atom is -0.279 e. The Bertz CT molecular complexity index is 773. The van der Waals surface area contributed by atoms with E-state index in [9.17, 15) is 17.2 Å². The third-order valence-electron chi connectivity index (χ3n) is 3.16. The van der Waals surface area contributed by atoms with Gasteiger partial charge in [-0.3, -0.25) is 4.72 Å². The second kappa shape index (κ2) is 5.81. The monoisotopic (exact) mass is 311 g/mol.